The maximum absolute atomic E-state index is 14.2. The van der Waals surface area contributed by atoms with E-state index in [1.165, 1.54) is 17.8 Å². The Labute approximate surface area is 127 Å². The lowest BCUT2D eigenvalue weighted by atomic mass is 10.2. The molecule has 1 aromatic carbocycles. The number of hydrogen-bond donors (Lipinski definition) is 2. The number of halogens is 2. The Morgan fingerprint density at radius 3 is 3.00 bits per heavy atom. The summed E-state index contributed by atoms with van der Waals surface area (Å²) in [6.07, 6.45) is 3.38. The molecule has 2 N–H and O–H groups in total. The minimum absolute atomic E-state index is 0.130. The van der Waals surface area contributed by atoms with Gasteiger partial charge in [-0.05, 0) is 40.2 Å². The van der Waals surface area contributed by atoms with Crippen molar-refractivity contribution in [1.29, 1.82) is 0 Å². The van der Waals surface area contributed by atoms with E-state index >= 15 is 0 Å². The van der Waals surface area contributed by atoms with E-state index in [4.69, 9.17) is 5.11 Å². The number of aromatic amines is 1. The number of pyridine rings is 1. The summed E-state index contributed by atoms with van der Waals surface area (Å²) in [6.45, 7) is -0.130. The predicted molar refractivity (Wildman–Crippen MR) is 80.2 cm³/mol. The number of H-pyrrole nitrogens is 1. The Kier molecular flexibility index (Phi) is 3.78. The summed E-state index contributed by atoms with van der Waals surface area (Å²) in [5.41, 5.74) is 1.32. The highest BCUT2D eigenvalue weighted by atomic mass is 79.9. The number of rotatable bonds is 3. The van der Waals surface area contributed by atoms with Crippen molar-refractivity contribution in [1.82, 2.24) is 9.97 Å². The average molecular weight is 353 g/mol. The SMILES string of the molecule is OCc1cc(Sc2c(F)cc3[nH]ccc3c2Br)ccn1. The monoisotopic (exact) mass is 352 g/mol. The van der Waals surface area contributed by atoms with Crippen LogP contribution in [0.15, 0.2) is 50.9 Å². The Morgan fingerprint density at radius 1 is 1.35 bits per heavy atom. The van der Waals surface area contributed by atoms with E-state index in [1.807, 2.05) is 6.07 Å². The second-order valence-electron chi connectivity index (χ2n) is 4.18. The molecule has 0 radical (unpaired) electrons. The van der Waals surface area contributed by atoms with Crippen molar-refractivity contribution in [2.45, 2.75) is 16.4 Å². The van der Waals surface area contributed by atoms with Gasteiger partial charge in [-0.1, -0.05) is 11.8 Å². The van der Waals surface area contributed by atoms with E-state index in [1.54, 1.807) is 24.5 Å². The molecule has 3 rings (SSSR count). The van der Waals surface area contributed by atoms with Crippen LogP contribution in [0, 0.1) is 5.82 Å². The Morgan fingerprint density at radius 2 is 2.20 bits per heavy atom. The van der Waals surface area contributed by atoms with Gasteiger partial charge < -0.3 is 10.1 Å². The molecule has 3 nitrogen and oxygen atoms in total. The summed E-state index contributed by atoms with van der Waals surface area (Å²) in [5, 5.41) is 10.0. The first kappa shape index (κ1) is 13.6. The van der Waals surface area contributed by atoms with Crippen molar-refractivity contribution in [2.24, 2.45) is 0 Å². The van der Waals surface area contributed by atoms with Crippen LogP contribution in [0.1, 0.15) is 5.69 Å². The van der Waals surface area contributed by atoms with Crippen LogP contribution in [-0.2, 0) is 6.61 Å². The molecule has 2 heterocycles. The third kappa shape index (κ3) is 2.46. The maximum Gasteiger partial charge on any atom is 0.140 e. The number of fused-ring (bicyclic) bond motifs is 1. The second-order valence-corrected chi connectivity index (χ2v) is 6.06. The zero-order chi connectivity index (χ0) is 14.1. The number of nitrogens with one attached hydrogen (secondary N) is 1. The van der Waals surface area contributed by atoms with Crippen LogP contribution in [0.3, 0.4) is 0 Å². The molecule has 0 aliphatic carbocycles. The van der Waals surface area contributed by atoms with E-state index in [9.17, 15) is 4.39 Å². The van der Waals surface area contributed by atoms with Gasteiger partial charge in [0.15, 0.2) is 0 Å². The van der Waals surface area contributed by atoms with Crippen LogP contribution in [0.5, 0.6) is 0 Å². The molecular weight excluding hydrogens is 343 g/mol. The fourth-order valence-corrected chi connectivity index (χ4v) is 3.62. The van der Waals surface area contributed by atoms with E-state index < -0.39 is 0 Å². The second kappa shape index (κ2) is 5.55. The van der Waals surface area contributed by atoms with Gasteiger partial charge in [0, 0.05) is 32.7 Å². The molecule has 0 aliphatic heterocycles. The largest absolute Gasteiger partial charge is 0.390 e. The van der Waals surface area contributed by atoms with Crippen LogP contribution >= 0.6 is 27.7 Å². The quantitative estimate of drug-likeness (QED) is 0.745. The van der Waals surface area contributed by atoms with E-state index in [2.05, 4.69) is 25.9 Å². The van der Waals surface area contributed by atoms with Crippen molar-refractivity contribution < 1.29 is 9.50 Å². The van der Waals surface area contributed by atoms with Crippen LogP contribution in [-0.4, -0.2) is 15.1 Å². The lowest BCUT2D eigenvalue weighted by Gasteiger charge is -2.08. The molecule has 20 heavy (non-hydrogen) atoms. The molecule has 0 unspecified atom stereocenters. The highest BCUT2D eigenvalue weighted by Gasteiger charge is 2.14. The summed E-state index contributed by atoms with van der Waals surface area (Å²) in [6, 6.07) is 6.92. The minimum Gasteiger partial charge on any atom is -0.390 e. The third-order valence-corrected chi connectivity index (χ3v) is 5.05. The normalized spacial score (nSPS) is 11.2. The van der Waals surface area contributed by atoms with Gasteiger partial charge in [-0.3, -0.25) is 4.98 Å². The summed E-state index contributed by atoms with van der Waals surface area (Å²) in [7, 11) is 0. The van der Waals surface area contributed by atoms with E-state index in [0.717, 1.165) is 20.3 Å². The zero-order valence-corrected chi connectivity index (χ0v) is 12.6. The molecule has 0 aliphatic rings. The minimum atomic E-state index is -0.292. The number of aliphatic hydroxyl groups excluding tert-OH is 1. The lowest BCUT2D eigenvalue weighted by molar-refractivity contribution is 0.276. The first-order chi connectivity index (χ1) is 9.69. The molecule has 3 aromatic rings. The van der Waals surface area contributed by atoms with Crippen molar-refractivity contribution in [3.8, 4) is 0 Å². The molecule has 0 amide bonds. The Hall–Kier alpha value is -1.37. The van der Waals surface area contributed by atoms with E-state index in [0.29, 0.717) is 10.6 Å². The van der Waals surface area contributed by atoms with Gasteiger partial charge >= 0.3 is 0 Å². The smallest absolute Gasteiger partial charge is 0.140 e. The number of aromatic nitrogens is 2. The van der Waals surface area contributed by atoms with Gasteiger partial charge in [0.05, 0.1) is 17.2 Å². The standard InChI is InChI=1S/C14H10BrFN2OS/c15-13-10-2-4-18-12(10)6-11(16)14(13)20-9-1-3-17-8(5-9)7-19/h1-6,18-19H,7H2. The summed E-state index contributed by atoms with van der Waals surface area (Å²) in [4.78, 5) is 8.35. The summed E-state index contributed by atoms with van der Waals surface area (Å²) >= 11 is 4.76. The van der Waals surface area contributed by atoms with Gasteiger partial charge in [-0.25, -0.2) is 4.39 Å². The molecule has 0 spiro atoms. The maximum atomic E-state index is 14.2. The van der Waals surface area contributed by atoms with Crippen LogP contribution in [0.4, 0.5) is 4.39 Å². The van der Waals surface area contributed by atoms with Crippen LogP contribution in [0.2, 0.25) is 0 Å². The fourth-order valence-electron chi connectivity index (χ4n) is 1.93. The van der Waals surface area contributed by atoms with E-state index in [-0.39, 0.29) is 12.4 Å². The Bertz CT molecular complexity index is 775. The van der Waals surface area contributed by atoms with Crippen molar-refractivity contribution in [2.75, 3.05) is 0 Å². The van der Waals surface area contributed by atoms with Gasteiger partial charge in [-0.15, -0.1) is 0 Å². The third-order valence-electron chi connectivity index (χ3n) is 2.87. The van der Waals surface area contributed by atoms with Crippen molar-refractivity contribution >= 4 is 38.6 Å². The Balaban J connectivity index is 2.05. The average Bonchev–Trinajstić information content (AvgIpc) is 2.92. The number of hydrogen-bond acceptors (Lipinski definition) is 3. The van der Waals surface area contributed by atoms with Crippen molar-refractivity contribution in [3.63, 3.8) is 0 Å². The first-order valence-corrected chi connectivity index (χ1v) is 7.48. The highest BCUT2D eigenvalue weighted by Crippen LogP contribution is 2.39. The lowest BCUT2D eigenvalue weighted by Crippen LogP contribution is -1.89. The molecule has 0 bridgehead atoms. The van der Waals surface area contributed by atoms with Crippen LogP contribution < -0.4 is 0 Å². The highest BCUT2D eigenvalue weighted by molar-refractivity contribution is 9.10. The molecule has 102 valence electrons. The summed E-state index contributed by atoms with van der Waals surface area (Å²) in [5.74, 6) is -0.292. The topological polar surface area (TPSA) is 48.9 Å². The molecule has 0 atom stereocenters. The summed E-state index contributed by atoms with van der Waals surface area (Å²) < 4.78 is 14.9. The fraction of sp³-hybridized carbons (Fsp3) is 0.0714. The van der Waals surface area contributed by atoms with Crippen LogP contribution in [0.25, 0.3) is 10.9 Å². The number of nitrogens with zero attached hydrogens (tertiary/aromatic N) is 1. The molecule has 2 aromatic heterocycles. The number of aliphatic hydroxyl groups is 1. The van der Waals surface area contributed by atoms with Gasteiger partial charge in [0.2, 0.25) is 0 Å². The molecule has 6 heteroatoms. The first-order valence-electron chi connectivity index (χ1n) is 5.88. The zero-order valence-electron chi connectivity index (χ0n) is 10.2. The van der Waals surface area contributed by atoms with Crippen molar-refractivity contribution in [3.05, 3.63) is 52.6 Å². The molecular formula is C14H10BrFN2OS. The molecule has 0 saturated heterocycles. The molecule has 0 fully saturated rings. The van der Waals surface area contributed by atoms with Gasteiger partial charge in [-0.2, -0.15) is 0 Å². The molecule has 0 saturated carbocycles. The predicted octanol–water partition coefficient (Wildman–Crippen LogP) is 4.11. The number of benzene rings is 1. The van der Waals surface area contributed by atoms with Gasteiger partial charge in [0.1, 0.15) is 5.82 Å². The van der Waals surface area contributed by atoms with Gasteiger partial charge in [0.25, 0.3) is 0 Å².